The smallest absolute Gasteiger partial charge is 0.314 e. The lowest BCUT2D eigenvalue weighted by Gasteiger charge is -2.40. The van der Waals surface area contributed by atoms with Crippen LogP contribution in [0.25, 0.3) is 0 Å². The topological polar surface area (TPSA) is 38.3 Å². The van der Waals surface area contributed by atoms with Crippen molar-refractivity contribution in [3.8, 4) is 0 Å². The van der Waals surface area contributed by atoms with E-state index in [0.717, 1.165) is 25.1 Å². The first-order chi connectivity index (χ1) is 9.99. The van der Waals surface area contributed by atoms with Gasteiger partial charge < -0.3 is 10.1 Å². The maximum absolute atomic E-state index is 13.4. The van der Waals surface area contributed by atoms with Crippen molar-refractivity contribution in [2.75, 3.05) is 13.2 Å². The van der Waals surface area contributed by atoms with Crippen LogP contribution in [0.4, 0.5) is 8.78 Å². The minimum absolute atomic E-state index is 0.268. The van der Waals surface area contributed by atoms with Gasteiger partial charge in [0.25, 0.3) is 0 Å². The number of halogens is 2. The van der Waals surface area contributed by atoms with Gasteiger partial charge in [-0.15, -0.1) is 0 Å². The zero-order chi connectivity index (χ0) is 15.5. The molecule has 2 atom stereocenters. The Kier molecular flexibility index (Phi) is 5.22. The summed E-state index contributed by atoms with van der Waals surface area (Å²) in [5.41, 5.74) is -0.300. The van der Waals surface area contributed by atoms with E-state index in [4.69, 9.17) is 4.74 Å². The quantitative estimate of drug-likeness (QED) is 0.663. The summed E-state index contributed by atoms with van der Waals surface area (Å²) < 4.78 is 31.6. The molecule has 1 fully saturated rings. The van der Waals surface area contributed by atoms with Crippen molar-refractivity contribution >= 4 is 18.6 Å². The number of carbonyl (C=O) groups is 1. The molecule has 0 aliphatic carbocycles. The highest BCUT2D eigenvalue weighted by Crippen LogP contribution is 2.38. The zero-order valence-electron chi connectivity index (χ0n) is 11.9. The van der Waals surface area contributed by atoms with Crippen LogP contribution in [-0.2, 0) is 16.0 Å². The molecule has 0 aromatic heterocycles. The molecule has 1 aromatic carbocycles. The Labute approximate surface area is 128 Å². The molecular weight excluding hydrogens is 296 g/mol. The number of nitrogens with one attached hydrogen (secondary N) is 1. The predicted molar refractivity (Wildman–Crippen MR) is 79.1 cm³/mol. The fourth-order valence-corrected chi connectivity index (χ4v) is 3.19. The minimum Gasteiger partial charge on any atom is -0.465 e. The SMILES string of the molecule is CCOC(=O)C1(Cc2ccc(F)c(F)c2)CCCNC1S. The van der Waals surface area contributed by atoms with Crippen LogP contribution in [0, 0.1) is 17.0 Å². The Morgan fingerprint density at radius 1 is 1.48 bits per heavy atom. The van der Waals surface area contributed by atoms with Crippen LogP contribution >= 0.6 is 12.6 Å². The molecule has 2 unspecified atom stereocenters. The first-order valence-electron chi connectivity index (χ1n) is 7.02. The summed E-state index contributed by atoms with van der Waals surface area (Å²) in [5.74, 6) is -2.15. The van der Waals surface area contributed by atoms with E-state index >= 15 is 0 Å². The Morgan fingerprint density at radius 3 is 2.86 bits per heavy atom. The summed E-state index contributed by atoms with van der Waals surface area (Å²) in [5, 5.41) is 2.78. The molecule has 0 spiro atoms. The molecule has 3 nitrogen and oxygen atoms in total. The zero-order valence-corrected chi connectivity index (χ0v) is 12.8. The summed E-state index contributed by atoms with van der Waals surface area (Å²) in [4.78, 5) is 12.4. The van der Waals surface area contributed by atoms with Crippen LogP contribution in [0.5, 0.6) is 0 Å². The summed E-state index contributed by atoms with van der Waals surface area (Å²) in [6, 6.07) is 3.70. The average molecular weight is 315 g/mol. The van der Waals surface area contributed by atoms with Gasteiger partial charge in [0.05, 0.1) is 17.4 Å². The van der Waals surface area contributed by atoms with Crippen molar-refractivity contribution in [1.82, 2.24) is 5.32 Å². The Morgan fingerprint density at radius 2 is 2.24 bits per heavy atom. The summed E-state index contributed by atoms with van der Waals surface area (Å²) >= 11 is 4.47. The molecule has 1 aliphatic heterocycles. The highest BCUT2D eigenvalue weighted by Gasteiger charge is 2.47. The molecule has 1 saturated heterocycles. The van der Waals surface area contributed by atoms with Gasteiger partial charge in [-0.1, -0.05) is 6.07 Å². The molecule has 0 amide bonds. The molecule has 0 radical (unpaired) electrons. The minimum atomic E-state index is -0.911. The maximum atomic E-state index is 13.4. The van der Waals surface area contributed by atoms with E-state index in [1.54, 1.807) is 6.92 Å². The van der Waals surface area contributed by atoms with Gasteiger partial charge in [0.15, 0.2) is 11.6 Å². The van der Waals surface area contributed by atoms with Gasteiger partial charge in [-0.3, -0.25) is 4.79 Å². The van der Waals surface area contributed by atoms with Gasteiger partial charge in [0, 0.05) is 0 Å². The molecular formula is C15H19F2NO2S. The molecule has 21 heavy (non-hydrogen) atoms. The number of rotatable bonds is 4. The normalized spacial score (nSPS) is 25.6. The van der Waals surface area contributed by atoms with Crippen molar-refractivity contribution in [2.45, 2.75) is 31.6 Å². The van der Waals surface area contributed by atoms with Crippen LogP contribution in [0.1, 0.15) is 25.3 Å². The second-order valence-electron chi connectivity index (χ2n) is 5.26. The Bertz CT molecular complexity index is 526. The lowest BCUT2D eigenvalue weighted by molar-refractivity contribution is -0.157. The Balaban J connectivity index is 2.30. The predicted octanol–water partition coefficient (Wildman–Crippen LogP) is 2.70. The monoisotopic (exact) mass is 315 g/mol. The third kappa shape index (κ3) is 3.37. The van der Waals surface area contributed by atoms with E-state index in [1.165, 1.54) is 6.07 Å². The highest BCUT2D eigenvalue weighted by molar-refractivity contribution is 7.81. The lowest BCUT2D eigenvalue weighted by atomic mass is 9.75. The second-order valence-corrected chi connectivity index (χ2v) is 5.78. The standard InChI is InChI=1S/C15H19F2NO2S/c1-2-20-14(19)15(6-3-7-18-13(15)21)9-10-4-5-11(16)12(17)8-10/h4-5,8,13,18,21H,2-3,6-7,9H2,1H3. The lowest BCUT2D eigenvalue weighted by Crippen LogP contribution is -2.53. The third-order valence-corrected chi connectivity index (χ3v) is 4.52. The van der Waals surface area contributed by atoms with Gasteiger partial charge in [-0.25, -0.2) is 8.78 Å². The van der Waals surface area contributed by atoms with Crippen molar-refractivity contribution in [3.05, 3.63) is 35.4 Å². The van der Waals surface area contributed by atoms with Crippen molar-refractivity contribution < 1.29 is 18.3 Å². The van der Waals surface area contributed by atoms with Gasteiger partial charge in [-0.2, -0.15) is 12.6 Å². The number of piperidine rings is 1. The van der Waals surface area contributed by atoms with E-state index in [1.807, 2.05) is 0 Å². The molecule has 0 bridgehead atoms. The van der Waals surface area contributed by atoms with Crippen LogP contribution in [0.3, 0.4) is 0 Å². The van der Waals surface area contributed by atoms with E-state index in [0.29, 0.717) is 12.0 Å². The van der Waals surface area contributed by atoms with Crippen molar-refractivity contribution in [3.63, 3.8) is 0 Å². The first kappa shape index (κ1) is 16.2. The average Bonchev–Trinajstić information content (AvgIpc) is 2.45. The molecule has 1 aromatic rings. The molecule has 2 rings (SSSR count). The van der Waals surface area contributed by atoms with Crippen LogP contribution in [0.2, 0.25) is 0 Å². The van der Waals surface area contributed by atoms with Crippen molar-refractivity contribution in [1.29, 1.82) is 0 Å². The fraction of sp³-hybridized carbons (Fsp3) is 0.533. The second kappa shape index (κ2) is 6.75. The maximum Gasteiger partial charge on any atom is 0.314 e. The molecule has 1 aliphatic rings. The van der Waals surface area contributed by atoms with Crippen molar-refractivity contribution in [2.24, 2.45) is 5.41 Å². The van der Waals surface area contributed by atoms with E-state index < -0.39 is 17.0 Å². The molecule has 1 heterocycles. The fourth-order valence-electron chi connectivity index (χ4n) is 2.73. The van der Waals surface area contributed by atoms with E-state index in [-0.39, 0.29) is 24.4 Å². The van der Waals surface area contributed by atoms with Gasteiger partial charge in [-0.05, 0) is 50.4 Å². The number of benzene rings is 1. The molecule has 6 heteroatoms. The third-order valence-electron chi connectivity index (χ3n) is 3.85. The van der Waals surface area contributed by atoms with Crippen LogP contribution in [-0.4, -0.2) is 24.5 Å². The van der Waals surface area contributed by atoms with Gasteiger partial charge in [0.1, 0.15) is 0 Å². The number of ether oxygens (including phenoxy) is 1. The van der Waals surface area contributed by atoms with E-state index in [2.05, 4.69) is 17.9 Å². The number of hydrogen-bond donors (Lipinski definition) is 2. The number of thiol groups is 1. The number of hydrogen-bond acceptors (Lipinski definition) is 4. The molecule has 0 saturated carbocycles. The first-order valence-corrected chi connectivity index (χ1v) is 7.54. The van der Waals surface area contributed by atoms with Crippen LogP contribution < -0.4 is 5.32 Å². The number of carbonyl (C=O) groups excluding carboxylic acids is 1. The van der Waals surface area contributed by atoms with Crippen LogP contribution in [0.15, 0.2) is 18.2 Å². The molecule has 1 N–H and O–H groups in total. The van der Waals surface area contributed by atoms with Gasteiger partial charge in [0.2, 0.25) is 0 Å². The van der Waals surface area contributed by atoms with Gasteiger partial charge >= 0.3 is 5.97 Å². The summed E-state index contributed by atoms with van der Waals surface area (Å²) in [7, 11) is 0. The largest absolute Gasteiger partial charge is 0.465 e. The summed E-state index contributed by atoms with van der Waals surface area (Å²) in [6.07, 6.45) is 1.68. The molecule has 116 valence electrons. The summed E-state index contributed by atoms with van der Waals surface area (Å²) in [6.45, 7) is 2.79. The Hall–Kier alpha value is -1.14. The highest BCUT2D eigenvalue weighted by atomic mass is 32.1. The number of esters is 1. The van der Waals surface area contributed by atoms with E-state index in [9.17, 15) is 13.6 Å².